The molecule has 0 fully saturated rings. The number of rotatable bonds is 11. The van der Waals surface area contributed by atoms with Gasteiger partial charge < -0.3 is 19.5 Å². The number of carbonyl (C=O) groups is 1. The molecule has 0 spiro atoms. The Morgan fingerprint density at radius 1 is 1.05 bits per heavy atom. The van der Waals surface area contributed by atoms with Gasteiger partial charge in [0.15, 0.2) is 11.5 Å². The molecule has 9 nitrogen and oxygen atoms in total. The van der Waals surface area contributed by atoms with E-state index in [9.17, 15) is 20.2 Å². The van der Waals surface area contributed by atoms with Crippen molar-refractivity contribution in [1.29, 1.82) is 5.26 Å². The van der Waals surface area contributed by atoms with Gasteiger partial charge in [-0.2, -0.15) is 5.26 Å². The summed E-state index contributed by atoms with van der Waals surface area (Å²) in [7, 11) is 1.47. The van der Waals surface area contributed by atoms with Gasteiger partial charge in [0.25, 0.3) is 11.6 Å². The number of amides is 1. The SMILES string of the molecule is COc1cc(/C=C(\C#N)C(=O)Nc2ccc(OCc3ccccc3Cl)cc2)cc(I)c1OCc1cccc([N+](=O)[O-])c1. The average Bonchev–Trinajstić information content (AvgIpc) is 2.99. The largest absolute Gasteiger partial charge is 0.493 e. The van der Waals surface area contributed by atoms with E-state index in [0.717, 1.165) is 5.56 Å². The molecular formula is C31H23ClIN3O6. The number of nitro benzene ring substituents is 1. The van der Waals surface area contributed by atoms with Crippen molar-refractivity contribution in [2.24, 2.45) is 0 Å². The lowest BCUT2D eigenvalue weighted by molar-refractivity contribution is -0.384. The Balaban J connectivity index is 1.43. The molecule has 4 aromatic rings. The molecule has 0 saturated heterocycles. The number of nitrogens with zero attached hydrogens (tertiary/aromatic N) is 2. The third-order valence-electron chi connectivity index (χ3n) is 5.90. The van der Waals surface area contributed by atoms with E-state index in [2.05, 4.69) is 27.9 Å². The van der Waals surface area contributed by atoms with E-state index in [1.54, 1.807) is 54.6 Å². The van der Waals surface area contributed by atoms with Crippen molar-refractivity contribution >= 4 is 57.5 Å². The number of methoxy groups -OCH3 is 1. The molecule has 4 aromatic carbocycles. The summed E-state index contributed by atoms with van der Waals surface area (Å²) >= 11 is 8.23. The van der Waals surface area contributed by atoms with Crippen LogP contribution in [-0.4, -0.2) is 17.9 Å². The first kappa shape index (κ1) is 30.4. The molecule has 1 N–H and O–H groups in total. The zero-order valence-corrected chi connectivity index (χ0v) is 25.1. The maximum atomic E-state index is 12.9. The Morgan fingerprint density at radius 3 is 2.50 bits per heavy atom. The Hall–Kier alpha value is -4.60. The van der Waals surface area contributed by atoms with Crippen molar-refractivity contribution in [3.05, 3.63) is 126 Å². The van der Waals surface area contributed by atoms with Crippen LogP contribution in [0.1, 0.15) is 16.7 Å². The fraction of sp³-hybridized carbons (Fsp3) is 0.0968. The average molecular weight is 696 g/mol. The Labute approximate surface area is 260 Å². The molecule has 0 aliphatic carbocycles. The number of hydrogen-bond donors (Lipinski definition) is 1. The van der Waals surface area contributed by atoms with Gasteiger partial charge in [0, 0.05) is 28.4 Å². The zero-order chi connectivity index (χ0) is 30.1. The van der Waals surface area contributed by atoms with E-state index in [-0.39, 0.29) is 17.9 Å². The van der Waals surface area contributed by atoms with E-state index < -0.39 is 10.8 Å². The lowest BCUT2D eigenvalue weighted by Crippen LogP contribution is -2.13. The Morgan fingerprint density at radius 2 is 1.81 bits per heavy atom. The molecule has 0 saturated carbocycles. The van der Waals surface area contributed by atoms with Gasteiger partial charge in [-0.25, -0.2) is 0 Å². The van der Waals surface area contributed by atoms with Crippen LogP contribution in [0.5, 0.6) is 17.2 Å². The Kier molecular flexibility index (Phi) is 10.4. The highest BCUT2D eigenvalue weighted by molar-refractivity contribution is 14.1. The van der Waals surface area contributed by atoms with Crippen molar-refractivity contribution in [2.45, 2.75) is 13.2 Å². The lowest BCUT2D eigenvalue weighted by atomic mass is 10.1. The highest BCUT2D eigenvalue weighted by Gasteiger charge is 2.15. The van der Waals surface area contributed by atoms with Crippen LogP contribution in [0.25, 0.3) is 6.08 Å². The molecule has 0 unspecified atom stereocenters. The first-order valence-electron chi connectivity index (χ1n) is 12.4. The molecule has 11 heteroatoms. The third-order valence-corrected chi connectivity index (χ3v) is 7.07. The van der Waals surface area contributed by atoms with Crippen LogP contribution in [0.15, 0.2) is 90.5 Å². The number of non-ortho nitro benzene ring substituents is 1. The molecule has 0 aromatic heterocycles. The monoisotopic (exact) mass is 695 g/mol. The number of hydrogen-bond acceptors (Lipinski definition) is 7. The standard InChI is InChI=1S/C31H23ClIN3O6/c1-40-29-16-21(15-28(33)30(29)42-18-20-5-4-7-25(14-20)36(38)39)13-23(17-34)31(37)35-24-9-11-26(12-10-24)41-19-22-6-2-3-8-27(22)32/h2-16H,18-19H2,1H3,(H,35,37)/b23-13+. The van der Waals surface area contributed by atoms with Crippen molar-refractivity contribution in [2.75, 3.05) is 12.4 Å². The minimum Gasteiger partial charge on any atom is -0.493 e. The fourth-order valence-electron chi connectivity index (χ4n) is 3.80. The number of nitriles is 1. The summed E-state index contributed by atoms with van der Waals surface area (Å²) in [5, 5.41) is 24.1. The summed E-state index contributed by atoms with van der Waals surface area (Å²) in [5.74, 6) is 0.825. The van der Waals surface area contributed by atoms with E-state index >= 15 is 0 Å². The van der Waals surface area contributed by atoms with E-state index in [0.29, 0.717) is 49.3 Å². The number of anilines is 1. The molecule has 212 valence electrons. The predicted octanol–water partition coefficient (Wildman–Crippen LogP) is 7.57. The van der Waals surface area contributed by atoms with Crippen molar-refractivity contribution in [3.63, 3.8) is 0 Å². The van der Waals surface area contributed by atoms with Gasteiger partial charge in [0.1, 0.15) is 30.6 Å². The highest BCUT2D eigenvalue weighted by Crippen LogP contribution is 2.35. The maximum absolute atomic E-state index is 12.9. The van der Waals surface area contributed by atoms with Crippen molar-refractivity contribution < 1.29 is 23.9 Å². The molecule has 0 atom stereocenters. The Bertz CT molecular complexity index is 1690. The van der Waals surface area contributed by atoms with E-state index in [1.807, 2.05) is 24.3 Å². The van der Waals surface area contributed by atoms with Gasteiger partial charge in [-0.15, -0.1) is 0 Å². The van der Waals surface area contributed by atoms with Crippen LogP contribution in [0, 0.1) is 25.0 Å². The number of ether oxygens (including phenoxy) is 3. The quantitative estimate of drug-likeness (QED) is 0.0565. The van der Waals surface area contributed by atoms with Gasteiger partial charge in [0.2, 0.25) is 0 Å². The maximum Gasteiger partial charge on any atom is 0.269 e. The molecule has 0 radical (unpaired) electrons. The normalized spacial score (nSPS) is 10.9. The van der Waals surface area contributed by atoms with Gasteiger partial charge >= 0.3 is 0 Å². The van der Waals surface area contributed by atoms with Crippen LogP contribution in [0.2, 0.25) is 5.02 Å². The molecular weight excluding hydrogens is 673 g/mol. The number of carbonyl (C=O) groups excluding carboxylic acids is 1. The first-order valence-corrected chi connectivity index (χ1v) is 13.9. The first-order chi connectivity index (χ1) is 20.3. The van der Waals surface area contributed by atoms with Gasteiger partial charge in [-0.3, -0.25) is 14.9 Å². The van der Waals surface area contributed by atoms with Crippen LogP contribution in [-0.2, 0) is 18.0 Å². The van der Waals surface area contributed by atoms with E-state index in [4.69, 9.17) is 25.8 Å². The topological polar surface area (TPSA) is 124 Å². The fourth-order valence-corrected chi connectivity index (χ4v) is 4.77. The smallest absolute Gasteiger partial charge is 0.269 e. The number of nitro groups is 1. The van der Waals surface area contributed by atoms with Crippen molar-refractivity contribution in [1.82, 2.24) is 0 Å². The van der Waals surface area contributed by atoms with Gasteiger partial charge in [-0.1, -0.05) is 41.9 Å². The molecule has 4 rings (SSSR count). The van der Waals surface area contributed by atoms with Crippen LogP contribution in [0.3, 0.4) is 0 Å². The summed E-state index contributed by atoms with van der Waals surface area (Å²) in [6.07, 6.45) is 1.45. The third kappa shape index (κ3) is 7.99. The molecule has 0 heterocycles. The zero-order valence-electron chi connectivity index (χ0n) is 22.2. The van der Waals surface area contributed by atoms with Gasteiger partial charge in [0.05, 0.1) is 15.6 Å². The molecule has 0 aliphatic rings. The van der Waals surface area contributed by atoms with Crippen LogP contribution < -0.4 is 19.5 Å². The molecule has 0 aliphatic heterocycles. The highest BCUT2D eigenvalue weighted by atomic mass is 127. The number of halogens is 2. The molecule has 1 amide bonds. The summed E-state index contributed by atoms with van der Waals surface area (Å²) in [6.45, 7) is 0.381. The summed E-state index contributed by atoms with van der Waals surface area (Å²) in [4.78, 5) is 23.5. The second-order valence-electron chi connectivity index (χ2n) is 8.78. The predicted molar refractivity (Wildman–Crippen MR) is 168 cm³/mol. The van der Waals surface area contributed by atoms with Crippen LogP contribution in [0.4, 0.5) is 11.4 Å². The minimum absolute atomic E-state index is 0.0294. The van der Waals surface area contributed by atoms with Crippen LogP contribution >= 0.6 is 34.2 Å². The molecule has 42 heavy (non-hydrogen) atoms. The summed E-state index contributed by atoms with van der Waals surface area (Å²) in [6, 6.07) is 25.7. The second kappa shape index (κ2) is 14.3. The second-order valence-corrected chi connectivity index (χ2v) is 10.3. The minimum atomic E-state index is -0.581. The lowest BCUT2D eigenvalue weighted by Gasteiger charge is -2.14. The number of nitrogens with one attached hydrogen (secondary N) is 1. The van der Waals surface area contributed by atoms with Crippen molar-refractivity contribution in [3.8, 4) is 23.3 Å². The summed E-state index contributed by atoms with van der Waals surface area (Å²) < 4.78 is 17.8. The summed E-state index contributed by atoms with van der Waals surface area (Å²) in [5.41, 5.74) is 2.37. The van der Waals surface area contributed by atoms with Gasteiger partial charge in [-0.05, 0) is 82.3 Å². The molecule has 0 bridgehead atoms. The number of benzene rings is 4. The van der Waals surface area contributed by atoms with E-state index in [1.165, 1.54) is 25.3 Å².